The number of methoxy groups -OCH3 is 1. The molecule has 23 heavy (non-hydrogen) atoms. The molecule has 1 fully saturated rings. The highest BCUT2D eigenvalue weighted by atomic mass is 32.1. The number of hydrogen-bond donors (Lipinski definition) is 2. The first-order chi connectivity index (χ1) is 11.2. The number of hydrogen-bond acceptors (Lipinski definition) is 4. The van der Waals surface area contributed by atoms with Gasteiger partial charge in [0.1, 0.15) is 10.8 Å². The number of aliphatic imine (C=N–C) groups is 1. The van der Waals surface area contributed by atoms with Crippen LogP contribution in [0.4, 0.5) is 0 Å². The summed E-state index contributed by atoms with van der Waals surface area (Å²) in [5, 5.41) is 6.21. The molecule has 1 heterocycles. The Hall–Kier alpha value is -2.08. The van der Waals surface area contributed by atoms with E-state index in [0.29, 0.717) is 12.5 Å². The van der Waals surface area contributed by atoms with Crippen LogP contribution in [0.2, 0.25) is 0 Å². The Morgan fingerprint density at radius 1 is 1.39 bits per heavy atom. The topological polar surface area (TPSA) is 72.5 Å². The van der Waals surface area contributed by atoms with E-state index in [2.05, 4.69) is 15.3 Å². The van der Waals surface area contributed by atoms with Gasteiger partial charge < -0.3 is 15.8 Å². The predicted molar refractivity (Wildman–Crippen MR) is 94.8 cm³/mol. The standard InChI is InChI=1S/C17H22N4OS/c1-22-15-7-5-13(6-8-15)16-21-14(11-23-16)10-20-17(18)19-9-12-3-2-4-12/h5-8,11-12H,2-4,9-10H2,1H3,(H3,18,19,20). The number of nitrogens with zero attached hydrogens (tertiary/aromatic N) is 2. The molecule has 3 rings (SSSR count). The Labute approximate surface area is 140 Å². The SMILES string of the molecule is COc1ccc(-c2nc(CN=C(N)NCC3CCC3)cs2)cc1. The Morgan fingerprint density at radius 3 is 2.83 bits per heavy atom. The summed E-state index contributed by atoms with van der Waals surface area (Å²) in [6.45, 7) is 1.44. The van der Waals surface area contributed by atoms with Crippen molar-refractivity contribution in [1.82, 2.24) is 10.3 Å². The molecule has 122 valence electrons. The maximum absolute atomic E-state index is 5.90. The summed E-state index contributed by atoms with van der Waals surface area (Å²) >= 11 is 1.62. The van der Waals surface area contributed by atoms with Gasteiger partial charge in [0.05, 0.1) is 19.3 Å². The lowest BCUT2D eigenvalue weighted by molar-refractivity contribution is 0.315. The van der Waals surface area contributed by atoms with Crippen LogP contribution in [0.3, 0.4) is 0 Å². The monoisotopic (exact) mass is 330 g/mol. The molecule has 0 saturated heterocycles. The summed E-state index contributed by atoms with van der Waals surface area (Å²) < 4.78 is 5.17. The van der Waals surface area contributed by atoms with Crippen molar-refractivity contribution in [2.45, 2.75) is 25.8 Å². The van der Waals surface area contributed by atoms with E-state index >= 15 is 0 Å². The molecule has 1 aromatic heterocycles. The zero-order chi connectivity index (χ0) is 16.1. The fourth-order valence-corrected chi connectivity index (χ4v) is 3.23. The molecular weight excluding hydrogens is 308 g/mol. The molecule has 0 radical (unpaired) electrons. The van der Waals surface area contributed by atoms with E-state index in [1.165, 1.54) is 19.3 Å². The van der Waals surface area contributed by atoms with Gasteiger partial charge in [-0.1, -0.05) is 6.42 Å². The smallest absolute Gasteiger partial charge is 0.188 e. The maximum Gasteiger partial charge on any atom is 0.188 e. The molecule has 0 bridgehead atoms. The van der Waals surface area contributed by atoms with Crippen LogP contribution in [0.15, 0.2) is 34.6 Å². The van der Waals surface area contributed by atoms with Crippen LogP contribution in [-0.4, -0.2) is 24.6 Å². The first kappa shape index (κ1) is 15.8. The van der Waals surface area contributed by atoms with Crippen molar-refractivity contribution in [2.75, 3.05) is 13.7 Å². The van der Waals surface area contributed by atoms with Gasteiger partial charge in [-0.2, -0.15) is 0 Å². The largest absolute Gasteiger partial charge is 0.497 e. The molecule has 0 aliphatic heterocycles. The zero-order valence-corrected chi connectivity index (χ0v) is 14.1. The van der Waals surface area contributed by atoms with Crippen LogP contribution in [-0.2, 0) is 6.54 Å². The Morgan fingerprint density at radius 2 is 2.17 bits per heavy atom. The average Bonchev–Trinajstić information content (AvgIpc) is 3.00. The number of thiazole rings is 1. The highest BCUT2D eigenvalue weighted by Crippen LogP contribution is 2.26. The molecule has 1 aliphatic rings. The third kappa shape index (κ3) is 4.22. The van der Waals surface area contributed by atoms with Gasteiger partial charge in [-0.05, 0) is 43.0 Å². The van der Waals surface area contributed by atoms with E-state index < -0.39 is 0 Å². The zero-order valence-electron chi connectivity index (χ0n) is 13.3. The van der Waals surface area contributed by atoms with Crippen molar-refractivity contribution < 1.29 is 4.74 Å². The van der Waals surface area contributed by atoms with Crippen LogP contribution in [0.5, 0.6) is 5.75 Å². The average molecular weight is 330 g/mol. The molecule has 0 atom stereocenters. The summed E-state index contributed by atoms with van der Waals surface area (Å²) in [5.41, 5.74) is 7.92. The molecule has 2 aromatic rings. The Bertz CT molecular complexity index is 661. The highest BCUT2D eigenvalue weighted by Gasteiger charge is 2.16. The first-order valence-corrected chi connectivity index (χ1v) is 8.75. The third-order valence-electron chi connectivity index (χ3n) is 4.10. The van der Waals surface area contributed by atoms with Crippen LogP contribution in [0.1, 0.15) is 25.0 Å². The van der Waals surface area contributed by atoms with Gasteiger partial charge in [-0.25, -0.2) is 9.98 Å². The van der Waals surface area contributed by atoms with E-state index in [1.807, 2.05) is 29.6 Å². The molecular formula is C17H22N4OS. The minimum Gasteiger partial charge on any atom is -0.497 e. The van der Waals surface area contributed by atoms with Crippen LogP contribution < -0.4 is 15.8 Å². The number of ether oxygens (including phenoxy) is 1. The van der Waals surface area contributed by atoms with Crippen LogP contribution >= 0.6 is 11.3 Å². The second kappa shape index (κ2) is 7.46. The number of nitrogens with two attached hydrogens (primary N) is 1. The van der Waals surface area contributed by atoms with Gasteiger partial charge in [0, 0.05) is 17.5 Å². The summed E-state index contributed by atoms with van der Waals surface area (Å²) in [7, 11) is 1.66. The lowest BCUT2D eigenvalue weighted by atomic mass is 9.85. The number of guanidine groups is 1. The molecule has 1 aliphatic carbocycles. The molecule has 0 amide bonds. The number of benzene rings is 1. The van der Waals surface area contributed by atoms with Crippen molar-refractivity contribution in [1.29, 1.82) is 0 Å². The minimum atomic E-state index is 0.510. The molecule has 5 nitrogen and oxygen atoms in total. The summed E-state index contributed by atoms with van der Waals surface area (Å²) in [5.74, 6) is 2.13. The fourth-order valence-electron chi connectivity index (χ4n) is 2.41. The second-order valence-corrected chi connectivity index (χ2v) is 6.61. The van der Waals surface area contributed by atoms with E-state index in [1.54, 1.807) is 18.4 Å². The van der Waals surface area contributed by atoms with Gasteiger partial charge in [-0.15, -0.1) is 11.3 Å². The van der Waals surface area contributed by atoms with E-state index in [-0.39, 0.29) is 0 Å². The van der Waals surface area contributed by atoms with Gasteiger partial charge >= 0.3 is 0 Å². The van der Waals surface area contributed by atoms with E-state index in [9.17, 15) is 0 Å². The van der Waals surface area contributed by atoms with Crippen LogP contribution in [0.25, 0.3) is 10.6 Å². The van der Waals surface area contributed by atoms with Gasteiger partial charge in [0.2, 0.25) is 0 Å². The third-order valence-corrected chi connectivity index (χ3v) is 5.04. The molecule has 1 aromatic carbocycles. The van der Waals surface area contributed by atoms with Crippen LogP contribution in [0, 0.1) is 5.92 Å². The number of aromatic nitrogens is 1. The maximum atomic E-state index is 5.90. The Kier molecular flexibility index (Phi) is 5.12. The number of nitrogens with one attached hydrogen (secondary N) is 1. The molecule has 6 heteroatoms. The highest BCUT2D eigenvalue weighted by molar-refractivity contribution is 7.13. The Balaban J connectivity index is 1.55. The quantitative estimate of drug-likeness (QED) is 0.631. The second-order valence-electron chi connectivity index (χ2n) is 5.75. The summed E-state index contributed by atoms with van der Waals surface area (Å²) in [4.78, 5) is 8.98. The van der Waals surface area contributed by atoms with Gasteiger partial charge in [0.25, 0.3) is 0 Å². The van der Waals surface area contributed by atoms with Crippen molar-refractivity contribution in [3.05, 3.63) is 35.3 Å². The minimum absolute atomic E-state index is 0.510. The lowest BCUT2D eigenvalue weighted by Crippen LogP contribution is -2.37. The summed E-state index contributed by atoms with van der Waals surface area (Å²) in [6.07, 6.45) is 3.95. The van der Waals surface area contributed by atoms with Crippen molar-refractivity contribution in [3.63, 3.8) is 0 Å². The molecule has 1 saturated carbocycles. The van der Waals surface area contributed by atoms with E-state index in [0.717, 1.165) is 34.5 Å². The van der Waals surface area contributed by atoms with E-state index in [4.69, 9.17) is 10.5 Å². The number of rotatable bonds is 6. The van der Waals surface area contributed by atoms with Gasteiger partial charge in [0.15, 0.2) is 5.96 Å². The normalized spacial score (nSPS) is 15.3. The molecule has 0 unspecified atom stereocenters. The molecule has 0 spiro atoms. The van der Waals surface area contributed by atoms with Crippen molar-refractivity contribution in [3.8, 4) is 16.3 Å². The molecule has 3 N–H and O–H groups in total. The van der Waals surface area contributed by atoms with Crippen molar-refractivity contribution >= 4 is 17.3 Å². The predicted octanol–water partition coefficient (Wildman–Crippen LogP) is 3.02. The fraction of sp³-hybridized carbons (Fsp3) is 0.412. The van der Waals surface area contributed by atoms with Gasteiger partial charge in [-0.3, -0.25) is 0 Å². The first-order valence-electron chi connectivity index (χ1n) is 7.87. The summed E-state index contributed by atoms with van der Waals surface area (Å²) in [6, 6.07) is 7.91. The van der Waals surface area contributed by atoms with Crippen molar-refractivity contribution in [2.24, 2.45) is 16.6 Å². The lowest BCUT2D eigenvalue weighted by Gasteiger charge is -2.25.